The number of hydrogen-bond donors (Lipinski definition) is 2. The molecular formula is C15H22ClN3O. The van der Waals surface area contributed by atoms with E-state index in [9.17, 15) is 4.79 Å². The maximum absolute atomic E-state index is 11.1. The number of hydrogen-bond acceptors (Lipinski definition) is 3. The third kappa shape index (κ3) is 3.32. The lowest BCUT2D eigenvalue weighted by Gasteiger charge is -2.40. The molecular weight excluding hydrogens is 274 g/mol. The number of primary amides is 1. The van der Waals surface area contributed by atoms with Crippen LogP contribution in [-0.4, -0.2) is 29.4 Å². The fourth-order valence-electron chi connectivity index (χ4n) is 2.90. The first-order valence-corrected chi connectivity index (χ1v) is 7.44. The Kier molecular flexibility index (Phi) is 5.02. The van der Waals surface area contributed by atoms with Crippen molar-refractivity contribution in [2.45, 2.75) is 44.8 Å². The van der Waals surface area contributed by atoms with Gasteiger partial charge in [0.15, 0.2) is 0 Å². The van der Waals surface area contributed by atoms with Crippen LogP contribution < -0.4 is 11.5 Å². The Balaban J connectivity index is 2.17. The van der Waals surface area contributed by atoms with E-state index in [-0.39, 0.29) is 0 Å². The Bertz CT molecular complexity index is 492. The van der Waals surface area contributed by atoms with Crippen LogP contribution in [0.4, 0.5) is 0 Å². The maximum Gasteiger partial charge on any atom is 0.248 e. The van der Waals surface area contributed by atoms with E-state index < -0.39 is 5.91 Å². The fourth-order valence-corrected chi connectivity index (χ4v) is 3.14. The summed E-state index contributed by atoms with van der Waals surface area (Å²) >= 11 is 6.27. The Morgan fingerprint density at radius 1 is 1.45 bits per heavy atom. The summed E-state index contributed by atoms with van der Waals surface area (Å²) in [6.45, 7) is 3.66. The molecule has 1 aliphatic heterocycles. The average Bonchev–Trinajstić information content (AvgIpc) is 2.42. The van der Waals surface area contributed by atoms with Crippen LogP contribution in [0.5, 0.6) is 0 Å². The molecule has 5 heteroatoms. The quantitative estimate of drug-likeness (QED) is 0.894. The Hall–Kier alpha value is -1.10. The molecule has 2 rings (SSSR count). The van der Waals surface area contributed by atoms with Crippen molar-refractivity contribution >= 4 is 17.5 Å². The van der Waals surface area contributed by atoms with Crippen molar-refractivity contribution in [2.24, 2.45) is 11.5 Å². The number of piperidine rings is 1. The van der Waals surface area contributed by atoms with Crippen LogP contribution in [0.25, 0.3) is 0 Å². The Morgan fingerprint density at radius 3 is 2.80 bits per heavy atom. The number of carbonyl (C=O) groups is 1. The van der Waals surface area contributed by atoms with Crippen LogP contribution in [0.1, 0.15) is 42.1 Å². The predicted molar refractivity (Wildman–Crippen MR) is 81.7 cm³/mol. The van der Waals surface area contributed by atoms with Crippen LogP contribution >= 0.6 is 11.6 Å². The number of nitrogens with two attached hydrogens (primary N) is 2. The molecule has 2 unspecified atom stereocenters. The third-order valence-corrected chi connectivity index (χ3v) is 4.51. The van der Waals surface area contributed by atoms with Gasteiger partial charge < -0.3 is 11.5 Å². The normalized spacial score (nSPS) is 23.8. The summed E-state index contributed by atoms with van der Waals surface area (Å²) in [4.78, 5) is 13.6. The molecule has 20 heavy (non-hydrogen) atoms. The Morgan fingerprint density at radius 2 is 2.20 bits per heavy atom. The molecule has 4 nitrogen and oxygen atoms in total. The molecule has 0 aliphatic carbocycles. The first-order valence-electron chi connectivity index (χ1n) is 7.07. The summed E-state index contributed by atoms with van der Waals surface area (Å²) in [6, 6.07) is 6.17. The molecule has 0 spiro atoms. The van der Waals surface area contributed by atoms with Gasteiger partial charge in [-0.15, -0.1) is 0 Å². The second-order valence-corrected chi connectivity index (χ2v) is 5.92. The van der Waals surface area contributed by atoms with E-state index in [1.807, 2.05) is 6.07 Å². The molecule has 1 aromatic rings. The molecule has 1 fully saturated rings. The van der Waals surface area contributed by atoms with Gasteiger partial charge in [0.1, 0.15) is 0 Å². The smallest absolute Gasteiger partial charge is 0.248 e. The van der Waals surface area contributed by atoms with Gasteiger partial charge in [0.2, 0.25) is 5.91 Å². The summed E-state index contributed by atoms with van der Waals surface area (Å²) in [5, 5.41) is 0.592. The highest BCUT2D eigenvalue weighted by Gasteiger charge is 2.27. The van der Waals surface area contributed by atoms with Gasteiger partial charge in [-0.3, -0.25) is 9.69 Å². The van der Waals surface area contributed by atoms with Gasteiger partial charge in [-0.2, -0.15) is 0 Å². The summed E-state index contributed by atoms with van der Waals surface area (Å²) < 4.78 is 0. The molecule has 110 valence electrons. The zero-order chi connectivity index (χ0) is 14.7. The van der Waals surface area contributed by atoms with Crippen molar-refractivity contribution in [3.63, 3.8) is 0 Å². The van der Waals surface area contributed by atoms with Crippen molar-refractivity contribution in [2.75, 3.05) is 6.54 Å². The molecule has 0 radical (unpaired) electrons. The van der Waals surface area contributed by atoms with Crippen molar-refractivity contribution in [3.8, 4) is 0 Å². The van der Waals surface area contributed by atoms with Gasteiger partial charge >= 0.3 is 0 Å². The summed E-state index contributed by atoms with van der Waals surface area (Å²) in [5.74, 6) is -0.454. The number of nitrogens with zero attached hydrogens (tertiary/aromatic N) is 1. The number of carbonyl (C=O) groups excluding carboxylic acids is 1. The van der Waals surface area contributed by atoms with E-state index in [4.69, 9.17) is 23.1 Å². The van der Waals surface area contributed by atoms with Gasteiger partial charge in [0, 0.05) is 35.8 Å². The van der Waals surface area contributed by atoms with Gasteiger partial charge in [-0.05, 0) is 37.5 Å². The average molecular weight is 296 g/mol. The summed E-state index contributed by atoms with van der Waals surface area (Å²) in [5.41, 5.74) is 12.6. The number of halogens is 1. The Labute approximate surface area is 125 Å². The van der Waals surface area contributed by atoms with E-state index in [2.05, 4.69) is 11.8 Å². The lowest BCUT2D eigenvalue weighted by Crippen LogP contribution is -2.48. The molecule has 1 saturated heterocycles. The number of amides is 1. The van der Waals surface area contributed by atoms with Crippen LogP contribution in [-0.2, 0) is 6.54 Å². The van der Waals surface area contributed by atoms with E-state index >= 15 is 0 Å². The predicted octanol–water partition coefficient (Wildman–Crippen LogP) is 2.14. The minimum absolute atomic E-state index is 0.408. The zero-order valence-corrected chi connectivity index (χ0v) is 12.6. The number of benzene rings is 1. The topological polar surface area (TPSA) is 72.3 Å². The number of likely N-dealkylation sites (tertiary alicyclic amines) is 1. The highest BCUT2D eigenvalue weighted by atomic mass is 35.5. The minimum atomic E-state index is -0.454. The summed E-state index contributed by atoms with van der Waals surface area (Å²) in [6.07, 6.45) is 3.55. The molecule has 0 saturated carbocycles. The van der Waals surface area contributed by atoms with E-state index in [0.29, 0.717) is 29.2 Å². The lowest BCUT2D eigenvalue weighted by atomic mass is 9.95. The third-order valence-electron chi connectivity index (χ3n) is 4.16. The first kappa shape index (κ1) is 15.3. The monoisotopic (exact) mass is 295 g/mol. The molecule has 4 N–H and O–H groups in total. The first-order chi connectivity index (χ1) is 9.52. The van der Waals surface area contributed by atoms with Crippen LogP contribution in [0, 0.1) is 0 Å². The van der Waals surface area contributed by atoms with Crippen molar-refractivity contribution < 1.29 is 4.79 Å². The number of rotatable bonds is 4. The second kappa shape index (κ2) is 6.57. The van der Waals surface area contributed by atoms with Gasteiger partial charge in [0.05, 0.1) is 0 Å². The molecule has 1 heterocycles. The highest BCUT2D eigenvalue weighted by molar-refractivity contribution is 6.31. The SMILES string of the molecule is CC1CCCC(CN)N1Cc1ccc(C(N)=O)cc1Cl. The van der Waals surface area contributed by atoms with Crippen LogP contribution in [0.2, 0.25) is 5.02 Å². The minimum Gasteiger partial charge on any atom is -0.366 e. The highest BCUT2D eigenvalue weighted by Crippen LogP contribution is 2.27. The van der Waals surface area contributed by atoms with E-state index in [1.54, 1.807) is 12.1 Å². The van der Waals surface area contributed by atoms with Crippen molar-refractivity contribution in [1.29, 1.82) is 0 Å². The van der Waals surface area contributed by atoms with Crippen LogP contribution in [0.15, 0.2) is 18.2 Å². The molecule has 1 amide bonds. The largest absolute Gasteiger partial charge is 0.366 e. The van der Waals surface area contributed by atoms with Gasteiger partial charge in [-0.1, -0.05) is 24.1 Å². The van der Waals surface area contributed by atoms with E-state index in [1.165, 1.54) is 12.8 Å². The standard InChI is InChI=1S/C15H22ClN3O/c1-10-3-2-4-13(8-17)19(10)9-12-6-5-11(15(18)20)7-14(12)16/h5-7,10,13H,2-4,8-9,17H2,1H3,(H2,18,20). The summed E-state index contributed by atoms with van der Waals surface area (Å²) in [7, 11) is 0. The zero-order valence-electron chi connectivity index (χ0n) is 11.8. The van der Waals surface area contributed by atoms with Crippen molar-refractivity contribution in [3.05, 3.63) is 34.3 Å². The van der Waals surface area contributed by atoms with Gasteiger partial charge in [-0.25, -0.2) is 0 Å². The fraction of sp³-hybridized carbons (Fsp3) is 0.533. The van der Waals surface area contributed by atoms with Crippen LogP contribution in [0.3, 0.4) is 0 Å². The van der Waals surface area contributed by atoms with Crippen molar-refractivity contribution in [1.82, 2.24) is 4.90 Å². The molecule has 0 aromatic heterocycles. The van der Waals surface area contributed by atoms with Gasteiger partial charge in [0.25, 0.3) is 0 Å². The molecule has 1 aromatic carbocycles. The second-order valence-electron chi connectivity index (χ2n) is 5.51. The molecule has 1 aliphatic rings. The lowest BCUT2D eigenvalue weighted by molar-refractivity contribution is 0.0892. The van der Waals surface area contributed by atoms with E-state index in [0.717, 1.165) is 18.5 Å². The maximum atomic E-state index is 11.1. The molecule has 0 bridgehead atoms. The molecule has 2 atom stereocenters.